The molecule has 0 aromatic heterocycles. The molecule has 0 atom stereocenters. The molecule has 0 unspecified atom stereocenters. The maximum Gasteiger partial charge on any atom is 0.0845 e. The summed E-state index contributed by atoms with van der Waals surface area (Å²) in [7, 11) is 0. The second-order valence-electron chi connectivity index (χ2n) is 3.76. The lowest BCUT2D eigenvalue weighted by molar-refractivity contribution is 0.265. The molecule has 15 heavy (non-hydrogen) atoms. The molecule has 0 amide bonds. The van der Waals surface area contributed by atoms with Crippen LogP contribution < -0.4 is 0 Å². The quantitative estimate of drug-likeness (QED) is 0.637. The van der Waals surface area contributed by atoms with Crippen LogP contribution in [0.15, 0.2) is 42.2 Å². The van der Waals surface area contributed by atoms with E-state index in [0.717, 1.165) is 19.4 Å². The number of rotatable bonds is 6. The zero-order chi connectivity index (χ0) is 10.9. The van der Waals surface area contributed by atoms with Crippen molar-refractivity contribution in [2.45, 2.75) is 33.1 Å². The van der Waals surface area contributed by atoms with Crippen LogP contribution in [0.4, 0.5) is 0 Å². The van der Waals surface area contributed by atoms with Crippen molar-refractivity contribution in [3.8, 4) is 0 Å². The summed E-state index contributed by atoms with van der Waals surface area (Å²) in [6.45, 7) is 4.89. The van der Waals surface area contributed by atoms with Gasteiger partial charge in [0.2, 0.25) is 0 Å². The first-order valence-corrected chi connectivity index (χ1v) is 5.64. The molecule has 1 rings (SSSR count). The number of benzene rings is 1. The summed E-state index contributed by atoms with van der Waals surface area (Å²) in [5.74, 6) is 0. The van der Waals surface area contributed by atoms with E-state index in [1.54, 1.807) is 0 Å². The molecule has 0 aliphatic rings. The van der Waals surface area contributed by atoms with Crippen LogP contribution in [-0.4, -0.2) is 6.61 Å². The Kier molecular flexibility index (Phi) is 5.60. The predicted octanol–water partition coefficient (Wildman–Crippen LogP) is 3.95. The topological polar surface area (TPSA) is 9.23 Å². The molecule has 0 fully saturated rings. The van der Waals surface area contributed by atoms with Crippen LogP contribution in [-0.2, 0) is 11.2 Å². The molecule has 1 nitrogen and oxygen atoms in total. The molecule has 0 saturated carbocycles. The highest BCUT2D eigenvalue weighted by Crippen LogP contribution is 2.09. The van der Waals surface area contributed by atoms with E-state index in [0.29, 0.717) is 0 Å². The Bertz CT molecular complexity index is 287. The van der Waals surface area contributed by atoms with Gasteiger partial charge in [0.1, 0.15) is 0 Å². The van der Waals surface area contributed by atoms with E-state index >= 15 is 0 Å². The third kappa shape index (κ3) is 5.26. The molecular formula is C14H20O. The van der Waals surface area contributed by atoms with Gasteiger partial charge in [-0.05, 0) is 44.2 Å². The molecule has 0 saturated heterocycles. The monoisotopic (exact) mass is 204 g/mol. The molecule has 0 heterocycles. The predicted molar refractivity (Wildman–Crippen MR) is 64.8 cm³/mol. The highest BCUT2D eigenvalue weighted by atomic mass is 16.5. The molecule has 0 N–H and O–H groups in total. The maximum atomic E-state index is 5.24. The van der Waals surface area contributed by atoms with Crippen molar-refractivity contribution in [1.29, 1.82) is 0 Å². The summed E-state index contributed by atoms with van der Waals surface area (Å²) in [5, 5.41) is 0. The minimum atomic E-state index is 0.760. The minimum Gasteiger partial charge on any atom is -0.502 e. The number of allylic oxidation sites excluding steroid dienone is 1. The fourth-order valence-corrected chi connectivity index (χ4v) is 1.50. The van der Waals surface area contributed by atoms with Gasteiger partial charge in [-0.1, -0.05) is 30.3 Å². The standard InChI is InChI=1S/C14H20O/c1-3-15-12-13(2)8-7-11-14-9-5-4-6-10-14/h4-6,9-10,12H,3,7-8,11H2,1-2H3/b13-12+. The van der Waals surface area contributed by atoms with Gasteiger partial charge in [-0.3, -0.25) is 0 Å². The Morgan fingerprint density at radius 3 is 2.67 bits per heavy atom. The van der Waals surface area contributed by atoms with Gasteiger partial charge in [0.25, 0.3) is 0 Å². The van der Waals surface area contributed by atoms with Gasteiger partial charge < -0.3 is 4.74 Å². The average molecular weight is 204 g/mol. The largest absolute Gasteiger partial charge is 0.502 e. The van der Waals surface area contributed by atoms with Gasteiger partial charge in [-0.2, -0.15) is 0 Å². The fourth-order valence-electron chi connectivity index (χ4n) is 1.50. The zero-order valence-corrected chi connectivity index (χ0v) is 9.70. The first-order chi connectivity index (χ1) is 7.33. The Morgan fingerprint density at radius 2 is 2.00 bits per heavy atom. The van der Waals surface area contributed by atoms with E-state index in [1.807, 2.05) is 13.2 Å². The van der Waals surface area contributed by atoms with E-state index in [2.05, 4.69) is 37.3 Å². The molecule has 0 radical (unpaired) electrons. The maximum absolute atomic E-state index is 5.24. The Labute approximate surface area is 92.8 Å². The van der Waals surface area contributed by atoms with Crippen molar-refractivity contribution in [2.75, 3.05) is 6.61 Å². The van der Waals surface area contributed by atoms with Crippen LogP contribution in [0, 0.1) is 0 Å². The fraction of sp³-hybridized carbons (Fsp3) is 0.429. The lowest BCUT2D eigenvalue weighted by atomic mass is 10.1. The summed E-state index contributed by atoms with van der Waals surface area (Å²) in [6, 6.07) is 10.6. The molecule has 0 aliphatic heterocycles. The number of hydrogen-bond donors (Lipinski definition) is 0. The Hall–Kier alpha value is -1.24. The molecule has 0 spiro atoms. The third-order valence-electron chi connectivity index (χ3n) is 2.33. The van der Waals surface area contributed by atoms with Gasteiger partial charge in [0.15, 0.2) is 0 Å². The molecule has 1 heteroatoms. The van der Waals surface area contributed by atoms with Gasteiger partial charge in [-0.15, -0.1) is 0 Å². The average Bonchev–Trinajstić information content (AvgIpc) is 2.28. The molecule has 0 aliphatic carbocycles. The van der Waals surface area contributed by atoms with Crippen LogP contribution in [0.5, 0.6) is 0 Å². The summed E-state index contributed by atoms with van der Waals surface area (Å²) >= 11 is 0. The highest BCUT2D eigenvalue weighted by Gasteiger charge is 1.93. The Morgan fingerprint density at radius 1 is 1.27 bits per heavy atom. The summed E-state index contributed by atoms with van der Waals surface area (Å²) in [4.78, 5) is 0. The molecule has 82 valence electrons. The number of aryl methyl sites for hydroxylation is 1. The second kappa shape index (κ2) is 7.10. The minimum absolute atomic E-state index is 0.760. The van der Waals surface area contributed by atoms with Crippen LogP contribution in [0.3, 0.4) is 0 Å². The molecule has 1 aromatic carbocycles. The van der Waals surface area contributed by atoms with Crippen molar-refractivity contribution in [1.82, 2.24) is 0 Å². The van der Waals surface area contributed by atoms with Crippen LogP contribution in [0.1, 0.15) is 32.3 Å². The van der Waals surface area contributed by atoms with E-state index in [1.165, 1.54) is 17.6 Å². The van der Waals surface area contributed by atoms with Crippen molar-refractivity contribution in [3.63, 3.8) is 0 Å². The first kappa shape index (κ1) is 11.8. The number of hydrogen-bond acceptors (Lipinski definition) is 1. The first-order valence-electron chi connectivity index (χ1n) is 5.64. The lowest BCUT2D eigenvalue weighted by Gasteiger charge is -2.02. The highest BCUT2D eigenvalue weighted by molar-refractivity contribution is 5.14. The second-order valence-corrected chi connectivity index (χ2v) is 3.76. The van der Waals surface area contributed by atoms with Crippen molar-refractivity contribution in [3.05, 3.63) is 47.7 Å². The van der Waals surface area contributed by atoms with E-state index in [-0.39, 0.29) is 0 Å². The number of ether oxygens (including phenoxy) is 1. The van der Waals surface area contributed by atoms with Gasteiger partial charge in [-0.25, -0.2) is 0 Å². The van der Waals surface area contributed by atoms with Gasteiger partial charge in [0, 0.05) is 0 Å². The molecular weight excluding hydrogens is 184 g/mol. The normalized spacial score (nSPS) is 11.5. The van der Waals surface area contributed by atoms with E-state index in [4.69, 9.17) is 4.74 Å². The van der Waals surface area contributed by atoms with Crippen molar-refractivity contribution in [2.24, 2.45) is 0 Å². The smallest absolute Gasteiger partial charge is 0.0845 e. The summed E-state index contributed by atoms with van der Waals surface area (Å²) < 4.78 is 5.24. The zero-order valence-electron chi connectivity index (χ0n) is 9.70. The molecule has 0 bridgehead atoms. The van der Waals surface area contributed by atoms with Crippen LogP contribution in [0.2, 0.25) is 0 Å². The Balaban J connectivity index is 2.22. The third-order valence-corrected chi connectivity index (χ3v) is 2.33. The van der Waals surface area contributed by atoms with Gasteiger partial charge >= 0.3 is 0 Å². The summed E-state index contributed by atoms with van der Waals surface area (Å²) in [5.41, 5.74) is 2.74. The van der Waals surface area contributed by atoms with Crippen molar-refractivity contribution < 1.29 is 4.74 Å². The van der Waals surface area contributed by atoms with E-state index < -0.39 is 0 Å². The van der Waals surface area contributed by atoms with E-state index in [9.17, 15) is 0 Å². The summed E-state index contributed by atoms with van der Waals surface area (Å²) in [6.07, 6.45) is 5.34. The molecule has 1 aromatic rings. The lowest BCUT2D eigenvalue weighted by Crippen LogP contribution is -1.87. The van der Waals surface area contributed by atoms with Crippen LogP contribution >= 0.6 is 0 Å². The van der Waals surface area contributed by atoms with Gasteiger partial charge in [0.05, 0.1) is 12.9 Å². The van der Waals surface area contributed by atoms with Crippen LogP contribution in [0.25, 0.3) is 0 Å². The van der Waals surface area contributed by atoms with Crippen molar-refractivity contribution >= 4 is 0 Å². The SMILES string of the molecule is CCO/C=C(\C)CCCc1ccccc1.